The molecule has 15 heavy (non-hydrogen) atoms. The third-order valence-electron chi connectivity index (χ3n) is 2.03. The molecule has 1 aromatic carbocycles. The molecular weight excluding hydrogens is 212 g/mol. The molecule has 0 unspecified atom stereocenters. The van der Waals surface area contributed by atoms with Gasteiger partial charge in [-0.15, -0.1) is 0 Å². The van der Waals surface area contributed by atoms with Crippen molar-refractivity contribution < 1.29 is 9.53 Å². The van der Waals surface area contributed by atoms with Gasteiger partial charge in [0.2, 0.25) is 5.24 Å². The lowest BCUT2D eigenvalue weighted by molar-refractivity contribution is -0.112. The van der Waals surface area contributed by atoms with Crippen molar-refractivity contribution in [1.82, 2.24) is 0 Å². The van der Waals surface area contributed by atoms with Crippen LogP contribution in [0.5, 0.6) is 5.75 Å². The van der Waals surface area contributed by atoms with E-state index in [-0.39, 0.29) is 11.7 Å². The molecule has 0 spiro atoms. The van der Waals surface area contributed by atoms with E-state index in [4.69, 9.17) is 16.3 Å². The van der Waals surface area contributed by atoms with E-state index in [1.807, 2.05) is 24.3 Å². The largest absolute Gasteiger partial charge is 0.493 e. The number of hydrogen-bond donors (Lipinski definition) is 0. The molecule has 0 N–H and O–H groups in total. The van der Waals surface area contributed by atoms with Crippen molar-refractivity contribution in [1.29, 1.82) is 0 Å². The third-order valence-corrected chi connectivity index (χ3v) is 2.22. The number of halogens is 1. The van der Waals surface area contributed by atoms with Crippen molar-refractivity contribution >= 4 is 16.8 Å². The van der Waals surface area contributed by atoms with Crippen molar-refractivity contribution in [2.45, 2.75) is 26.2 Å². The summed E-state index contributed by atoms with van der Waals surface area (Å²) in [4.78, 5) is 10.5. The first kappa shape index (κ1) is 12.1. The first-order valence-electron chi connectivity index (χ1n) is 5.12. The maximum absolute atomic E-state index is 10.5. The average Bonchev–Trinajstić information content (AvgIpc) is 2.20. The first-order valence-corrected chi connectivity index (χ1v) is 5.50. The van der Waals surface area contributed by atoms with Crippen LogP contribution in [0.15, 0.2) is 24.3 Å². The number of rotatable bonds is 6. The topological polar surface area (TPSA) is 26.3 Å². The number of aryl methyl sites for hydroxylation is 1. The van der Waals surface area contributed by atoms with Crippen molar-refractivity contribution in [3.05, 3.63) is 29.8 Å². The van der Waals surface area contributed by atoms with Gasteiger partial charge in [-0.05, 0) is 35.7 Å². The maximum atomic E-state index is 10.5. The van der Waals surface area contributed by atoms with E-state index in [1.165, 1.54) is 5.56 Å². The smallest absolute Gasteiger partial charge is 0.225 e. The molecule has 0 fully saturated rings. The highest BCUT2D eigenvalue weighted by molar-refractivity contribution is 6.63. The van der Waals surface area contributed by atoms with Gasteiger partial charge in [-0.3, -0.25) is 4.79 Å². The van der Waals surface area contributed by atoms with Gasteiger partial charge in [0.25, 0.3) is 0 Å². The second kappa shape index (κ2) is 6.46. The van der Waals surface area contributed by atoms with E-state index in [1.54, 1.807) is 0 Å². The summed E-state index contributed by atoms with van der Waals surface area (Å²) in [5.41, 5.74) is 1.30. The molecule has 0 aliphatic carbocycles. The summed E-state index contributed by atoms with van der Waals surface area (Å²) in [5.74, 6) is 0.785. The molecule has 0 bridgehead atoms. The predicted octanol–water partition coefficient (Wildman–Crippen LogP) is 3.17. The van der Waals surface area contributed by atoms with Gasteiger partial charge in [0.05, 0.1) is 13.0 Å². The Kier molecular flexibility index (Phi) is 5.19. The summed E-state index contributed by atoms with van der Waals surface area (Å²) in [6.07, 6.45) is 2.47. The van der Waals surface area contributed by atoms with Gasteiger partial charge in [0.15, 0.2) is 0 Å². The first-order chi connectivity index (χ1) is 7.22. The zero-order valence-electron chi connectivity index (χ0n) is 8.83. The Morgan fingerprint density at radius 1 is 1.33 bits per heavy atom. The molecule has 1 rings (SSSR count). The van der Waals surface area contributed by atoms with Crippen LogP contribution in [0, 0.1) is 0 Å². The van der Waals surface area contributed by atoms with Crippen LogP contribution in [-0.4, -0.2) is 11.8 Å². The fraction of sp³-hybridized carbons (Fsp3) is 0.417. The Bertz CT molecular complexity index is 306. The van der Waals surface area contributed by atoms with Gasteiger partial charge in [-0.25, -0.2) is 0 Å². The van der Waals surface area contributed by atoms with Gasteiger partial charge < -0.3 is 4.74 Å². The summed E-state index contributed by atoms with van der Waals surface area (Å²) in [7, 11) is 0. The quantitative estimate of drug-likeness (QED) is 0.697. The Balaban J connectivity index is 2.39. The minimum absolute atomic E-state index is 0.248. The summed E-state index contributed by atoms with van der Waals surface area (Å²) < 4.78 is 5.34. The van der Waals surface area contributed by atoms with Gasteiger partial charge in [-0.1, -0.05) is 25.5 Å². The Morgan fingerprint density at radius 3 is 2.53 bits per heavy atom. The summed E-state index contributed by atoms with van der Waals surface area (Å²) >= 11 is 5.19. The Labute approximate surface area is 95.2 Å². The van der Waals surface area contributed by atoms with Gasteiger partial charge in [0, 0.05) is 0 Å². The fourth-order valence-electron chi connectivity index (χ4n) is 1.29. The summed E-state index contributed by atoms with van der Waals surface area (Å²) in [6, 6.07) is 7.93. The Morgan fingerprint density at radius 2 is 2.00 bits per heavy atom. The Hall–Kier alpha value is -1.02. The minimum atomic E-state index is -0.363. The number of ether oxygens (including phenoxy) is 1. The van der Waals surface area contributed by atoms with Crippen molar-refractivity contribution in [3.8, 4) is 5.75 Å². The van der Waals surface area contributed by atoms with Crippen molar-refractivity contribution in [2.24, 2.45) is 0 Å². The molecule has 3 heteroatoms. The number of hydrogen-bond acceptors (Lipinski definition) is 2. The normalized spacial score (nSPS) is 10.0. The highest BCUT2D eigenvalue weighted by Crippen LogP contribution is 2.13. The predicted molar refractivity (Wildman–Crippen MR) is 61.4 cm³/mol. The molecule has 0 aliphatic rings. The molecule has 0 aromatic heterocycles. The second-order valence-corrected chi connectivity index (χ2v) is 3.77. The van der Waals surface area contributed by atoms with E-state index in [0.717, 1.165) is 18.6 Å². The van der Waals surface area contributed by atoms with Crippen LogP contribution in [0.4, 0.5) is 0 Å². The lowest BCUT2D eigenvalue weighted by Gasteiger charge is -2.05. The molecule has 0 radical (unpaired) electrons. The van der Waals surface area contributed by atoms with Crippen LogP contribution in [0.1, 0.15) is 25.3 Å². The summed E-state index contributed by atoms with van der Waals surface area (Å²) in [6.45, 7) is 2.49. The molecule has 0 atom stereocenters. The molecule has 0 aliphatic heterocycles. The van der Waals surface area contributed by atoms with Gasteiger partial charge in [0.1, 0.15) is 5.75 Å². The molecule has 0 amide bonds. The lowest BCUT2D eigenvalue weighted by Crippen LogP contribution is -2.01. The number of carbonyl (C=O) groups is 1. The van der Waals surface area contributed by atoms with Crippen LogP contribution in [0.25, 0.3) is 0 Å². The van der Waals surface area contributed by atoms with Crippen LogP contribution in [0.2, 0.25) is 0 Å². The molecule has 82 valence electrons. The van der Waals surface area contributed by atoms with Crippen molar-refractivity contribution in [2.75, 3.05) is 6.61 Å². The molecular formula is C12H15ClO2. The van der Waals surface area contributed by atoms with Gasteiger partial charge in [-0.2, -0.15) is 0 Å². The van der Waals surface area contributed by atoms with Crippen LogP contribution in [-0.2, 0) is 11.2 Å². The summed E-state index contributed by atoms with van der Waals surface area (Å²) in [5, 5.41) is -0.363. The average molecular weight is 227 g/mol. The zero-order chi connectivity index (χ0) is 11.1. The zero-order valence-corrected chi connectivity index (χ0v) is 9.59. The third kappa shape index (κ3) is 4.84. The monoisotopic (exact) mass is 226 g/mol. The lowest BCUT2D eigenvalue weighted by atomic mass is 10.1. The fourth-order valence-corrected chi connectivity index (χ4v) is 1.37. The van der Waals surface area contributed by atoms with E-state index < -0.39 is 0 Å². The highest BCUT2D eigenvalue weighted by Gasteiger charge is 1.98. The number of carbonyl (C=O) groups excluding carboxylic acids is 1. The van der Waals surface area contributed by atoms with Crippen LogP contribution in [0.3, 0.4) is 0 Å². The standard InChI is InChI=1S/C12H15ClO2/c1-2-3-10-4-6-11(7-5-10)15-9-8-12(13)14/h4-7H,2-3,8-9H2,1H3. The van der Waals surface area contributed by atoms with E-state index in [0.29, 0.717) is 6.61 Å². The highest BCUT2D eigenvalue weighted by atomic mass is 35.5. The van der Waals surface area contributed by atoms with E-state index in [9.17, 15) is 4.79 Å². The molecule has 0 saturated carbocycles. The minimum Gasteiger partial charge on any atom is -0.493 e. The van der Waals surface area contributed by atoms with Crippen LogP contribution < -0.4 is 4.74 Å². The number of benzene rings is 1. The second-order valence-electron chi connectivity index (χ2n) is 3.35. The molecule has 2 nitrogen and oxygen atoms in total. The maximum Gasteiger partial charge on any atom is 0.225 e. The van der Waals surface area contributed by atoms with Crippen molar-refractivity contribution in [3.63, 3.8) is 0 Å². The molecule has 0 heterocycles. The van der Waals surface area contributed by atoms with E-state index >= 15 is 0 Å². The molecule has 1 aromatic rings. The van der Waals surface area contributed by atoms with E-state index in [2.05, 4.69) is 6.92 Å². The van der Waals surface area contributed by atoms with Crippen LogP contribution >= 0.6 is 11.6 Å². The van der Waals surface area contributed by atoms with Gasteiger partial charge >= 0.3 is 0 Å². The molecule has 0 saturated heterocycles. The SMILES string of the molecule is CCCc1ccc(OCCC(=O)Cl)cc1.